The van der Waals surface area contributed by atoms with E-state index in [-0.39, 0.29) is 24.4 Å². The number of hydrogen-bond donors (Lipinski definition) is 0. The molecule has 1 aromatic rings. The largest absolute Gasteiger partial charge is 0.469 e. The molecule has 1 heterocycles. The van der Waals surface area contributed by atoms with E-state index in [2.05, 4.69) is 11.8 Å². The summed E-state index contributed by atoms with van der Waals surface area (Å²) in [5.41, 5.74) is -0.340. The van der Waals surface area contributed by atoms with E-state index < -0.39 is 17.0 Å². The SMILES string of the molecule is CCN(c1ccccc1)[C@@H]1CC(C)(C)N([O])C(C)(C)[C@@H]1C(=O)OC.Cl. The second-order valence-electron chi connectivity index (χ2n) is 7.65. The second-order valence-corrected chi connectivity index (χ2v) is 7.65. The fourth-order valence-electron chi connectivity index (χ4n) is 4.18. The average molecular weight is 370 g/mol. The number of ether oxygens (including phenoxy) is 1. The summed E-state index contributed by atoms with van der Waals surface area (Å²) >= 11 is 0. The minimum atomic E-state index is -0.846. The van der Waals surface area contributed by atoms with Gasteiger partial charge in [0.15, 0.2) is 0 Å². The maximum atomic E-state index is 12.9. The van der Waals surface area contributed by atoms with E-state index in [0.717, 1.165) is 17.3 Å². The highest BCUT2D eigenvalue weighted by Crippen LogP contribution is 2.44. The van der Waals surface area contributed by atoms with Crippen molar-refractivity contribution in [2.75, 3.05) is 18.6 Å². The van der Waals surface area contributed by atoms with Crippen LogP contribution in [0.4, 0.5) is 5.69 Å². The van der Waals surface area contributed by atoms with Gasteiger partial charge in [-0.25, -0.2) is 0 Å². The molecule has 1 aliphatic rings. The Bertz CT molecular complexity index is 577. The van der Waals surface area contributed by atoms with Crippen molar-refractivity contribution < 1.29 is 14.7 Å². The van der Waals surface area contributed by atoms with E-state index >= 15 is 0 Å². The second kappa shape index (κ2) is 7.94. The molecule has 0 N–H and O–H groups in total. The Morgan fingerprint density at radius 2 is 1.80 bits per heavy atom. The lowest BCUT2D eigenvalue weighted by Gasteiger charge is -2.56. The highest BCUT2D eigenvalue weighted by atomic mass is 35.5. The van der Waals surface area contributed by atoms with E-state index in [4.69, 9.17) is 4.74 Å². The quantitative estimate of drug-likeness (QED) is 0.759. The molecule has 0 bridgehead atoms. The molecule has 5 nitrogen and oxygen atoms in total. The highest BCUT2D eigenvalue weighted by Gasteiger charge is 2.57. The van der Waals surface area contributed by atoms with Crippen molar-refractivity contribution in [3.63, 3.8) is 0 Å². The lowest BCUT2D eigenvalue weighted by molar-refractivity contribution is -0.302. The zero-order valence-electron chi connectivity index (χ0n) is 16.0. The first-order chi connectivity index (χ1) is 11.2. The van der Waals surface area contributed by atoms with Gasteiger partial charge in [0, 0.05) is 23.8 Å². The van der Waals surface area contributed by atoms with Crippen LogP contribution in [0.1, 0.15) is 41.0 Å². The van der Waals surface area contributed by atoms with E-state index in [0.29, 0.717) is 6.42 Å². The lowest BCUT2D eigenvalue weighted by Crippen LogP contribution is -2.69. The van der Waals surface area contributed by atoms with E-state index in [1.54, 1.807) is 0 Å². The van der Waals surface area contributed by atoms with Crippen LogP contribution < -0.4 is 4.90 Å². The molecule has 141 valence electrons. The van der Waals surface area contributed by atoms with Crippen molar-refractivity contribution in [3.8, 4) is 0 Å². The number of halogens is 1. The summed E-state index contributed by atoms with van der Waals surface area (Å²) in [6.45, 7) is 10.4. The summed E-state index contributed by atoms with van der Waals surface area (Å²) in [4.78, 5) is 14.8. The molecule has 0 unspecified atom stereocenters. The van der Waals surface area contributed by atoms with Gasteiger partial charge in [0.05, 0.1) is 18.6 Å². The molecular weight excluding hydrogens is 340 g/mol. The van der Waals surface area contributed by atoms with Crippen LogP contribution in [-0.4, -0.2) is 41.8 Å². The van der Waals surface area contributed by atoms with Gasteiger partial charge in [-0.2, -0.15) is 0 Å². The van der Waals surface area contributed by atoms with Gasteiger partial charge in [-0.1, -0.05) is 18.2 Å². The molecule has 2 atom stereocenters. The normalized spacial score (nSPS) is 24.9. The van der Waals surface area contributed by atoms with Crippen molar-refractivity contribution in [2.24, 2.45) is 5.92 Å². The predicted octanol–water partition coefficient (Wildman–Crippen LogP) is 3.70. The zero-order valence-corrected chi connectivity index (χ0v) is 16.8. The van der Waals surface area contributed by atoms with Gasteiger partial charge in [-0.05, 0) is 53.2 Å². The first-order valence-electron chi connectivity index (χ1n) is 8.53. The minimum absolute atomic E-state index is 0. The smallest absolute Gasteiger partial charge is 0.312 e. The molecule has 2 rings (SSSR count). The third kappa shape index (κ3) is 3.94. The molecule has 0 aliphatic carbocycles. The van der Waals surface area contributed by atoms with Crippen LogP contribution in [0.25, 0.3) is 0 Å². The number of hydroxylamine groups is 2. The summed E-state index contributed by atoms with van der Waals surface area (Å²) in [5, 5.41) is 14.0. The van der Waals surface area contributed by atoms with Crippen LogP contribution in [0.2, 0.25) is 0 Å². The number of benzene rings is 1. The number of hydrogen-bond acceptors (Lipinski definition) is 4. The van der Waals surface area contributed by atoms with Crippen LogP contribution in [0.3, 0.4) is 0 Å². The standard InChI is InChI=1S/C19H29N2O3.ClH/c1-7-20(14-11-9-8-10-12-14)15-13-18(2,3)21(23)19(4,5)16(15)17(22)24-6;/h8-12,15-16H,7,13H2,1-6H3;1H/t15-,16+;/m1./s1. The first kappa shape index (κ1) is 21.7. The molecule has 1 radical (unpaired) electrons. The topological polar surface area (TPSA) is 52.7 Å². The molecule has 25 heavy (non-hydrogen) atoms. The highest BCUT2D eigenvalue weighted by molar-refractivity contribution is 5.85. The third-order valence-electron chi connectivity index (χ3n) is 5.21. The maximum Gasteiger partial charge on any atom is 0.312 e. The number of para-hydroxylation sites is 1. The Labute approximate surface area is 157 Å². The molecule has 1 saturated heterocycles. The van der Waals surface area contributed by atoms with Crippen LogP contribution in [-0.2, 0) is 14.7 Å². The molecule has 6 heteroatoms. The number of rotatable bonds is 4. The van der Waals surface area contributed by atoms with Crippen LogP contribution >= 0.6 is 12.4 Å². The summed E-state index contributed by atoms with van der Waals surface area (Å²) in [5.74, 6) is -0.844. The number of piperidine rings is 1. The molecule has 0 amide bonds. The summed E-state index contributed by atoms with van der Waals surface area (Å²) in [6, 6.07) is 9.94. The summed E-state index contributed by atoms with van der Waals surface area (Å²) in [7, 11) is 1.39. The summed E-state index contributed by atoms with van der Waals surface area (Å²) < 4.78 is 5.07. The molecule has 0 spiro atoms. The maximum absolute atomic E-state index is 12.9. The fourth-order valence-corrected chi connectivity index (χ4v) is 4.18. The van der Waals surface area contributed by atoms with E-state index in [1.165, 1.54) is 7.11 Å². The van der Waals surface area contributed by atoms with E-state index in [9.17, 15) is 10.0 Å². The number of nitrogens with zero attached hydrogens (tertiary/aromatic N) is 2. The Hall–Kier alpha value is -1.30. The Morgan fingerprint density at radius 1 is 1.24 bits per heavy atom. The first-order valence-corrected chi connectivity index (χ1v) is 8.53. The van der Waals surface area contributed by atoms with Gasteiger partial charge < -0.3 is 9.64 Å². The number of anilines is 1. The Morgan fingerprint density at radius 3 is 2.28 bits per heavy atom. The number of carbonyl (C=O) groups is 1. The molecular formula is C19H30ClN2O3. The monoisotopic (exact) mass is 369 g/mol. The van der Waals surface area contributed by atoms with Crippen molar-refractivity contribution in [3.05, 3.63) is 30.3 Å². The van der Waals surface area contributed by atoms with Crippen LogP contribution in [0.15, 0.2) is 30.3 Å². The van der Waals surface area contributed by atoms with Crippen molar-refractivity contribution in [2.45, 2.75) is 58.2 Å². The van der Waals surface area contributed by atoms with Crippen molar-refractivity contribution in [1.29, 1.82) is 0 Å². The van der Waals surface area contributed by atoms with Gasteiger partial charge >= 0.3 is 5.97 Å². The van der Waals surface area contributed by atoms with Gasteiger partial charge in [0.1, 0.15) is 0 Å². The van der Waals surface area contributed by atoms with E-state index in [1.807, 2.05) is 58.0 Å². The number of carbonyl (C=O) groups excluding carboxylic acids is 1. The predicted molar refractivity (Wildman–Crippen MR) is 101 cm³/mol. The fraction of sp³-hybridized carbons (Fsp3) is 0.632. The zero-order chi connectivity index (χ0) is 18.1. The molecule has 0 aromatic heterocycles. The van der Waals surface area contributed by atoms with Gasteiger partial charge in [0.2, 0.25) is 0 Å². The van der Waals surface area contributed by atoms with Gasteiger partial charge in [-0.15, -0.1) is 22.7 Å². The average Bonchev–Trinajstić information content (AvgIpc) is 2.54. The molecule has 0 saturated carbocycles. The molecule has 1 aliphatic heterocycles. The third-order valence-corrected chi connectivity index (χ3v) is 5.21. The van der Waals surface area contributed by atoms with Gasteiger partial charge in [0.25, 0.3) is 0 Å². The van der Waals surface area contributed by atoms with Crippen molar-refractivity contribution in [1.82, 2.24) is 5.06 Å². The Kier molecular flexibility index (Phi) is 6.90. The Balaban J connectivity index is 0.00000312. The van der Waals surface area contributed by atoms with Crippen molar-refractivity contribution >= 4 is 24.1 Å². The summed E-state index contributed by atoms with van der Waals surface area (Å²) in [6.07, 6.45) is 0.600. The van der Waals surface area contributed by atoms with Crippen LogP contribution in [0.5, 0.6) is 0 Å². The van der Waals surface area contributed by atoms with Gasteiger partial charge in [-0.3, -0.25) is 4.79 Å². The van der Waals surface area contributed by atoms with Crippen LogP contribution in [0, 0.1) is 5.92 Å². The lowest BCUT2D eigenvalue weighted by atomic mass is 9.70. The molecule has 1 fully saturated rings. The minimum Gasteiger partial charge on any atom is -0.469 e. The number of esters is 1. The number of methoxy groups -OCH3 is 1. The molecule has 1 aromatic carbocycles.